The third kappa shape index (κ3) is 2.39. The molecule has 2 atom stereocenters. The molecule has 21 heavy (non-hydrogen) atoms. The number of benzene rings is 1. The first-order chi connectivity index (χ1) is 9.95. The molecule has 6 nitrogen and oxygen atoms in total. The largest absolute Gasteiger partial charge is 0.465 e. The fourth-order valence-electron chi connectivity index (χ4n) is 2.88. The molecule has 0 spiro atoms. The van der Waals surface area contributed by atoms with Crippen molar-refractivity contribution in [2.75, 3.05) is 18.0 Å². The van der Waals surface area contributed by atoms with E-state index in [4.69, 9.17) is 4.42 Å². The van der Waals surface area contributed by atoms with Crippen molar-refractivity contribution in [3.8, 4) is 0 Å². The van der Waals surface area contributed by atoms with E-state index >= 15 is 0 Å². The van der Waals surface area contributed by atoms with Crippen LogP contribution >= 0.6 is 0 Å². The molecule has 0 aliphatic carbocycles. The van der Waals surface area contributed by atoms with Crippen LogP contribution < -0.4 is 4.90 Å². The van der Waals surface area contributed by atoms with Crippen LogP contribution in [0.25, 0.3) is 11.1 Å². The van der Waals surface area contributed by atoms with Crippen molar-refractivity contribution in [3.05, 3.63) is 24.0 Å². The van der Waals surface area contributed by atoms with Crippen molar-refractivity contribution in [3.63, 3.8) is 0 Å². The van der Waals surface area contributed by atoms with Gasteiger partial charge in [0.2, 0.25) is 0 Å². The number of piperazine rings is 1. The van der Waals surface area contributed by atoms with Gasteiger partial charge in [-0.05, 0) is 26.0 Å². The van der Waals surface area contributed by atoms with E-state index in [9.17, 15) is 14.3 Å². The van der Waals surface area contributed by atoms with Crippen LogP contribution in [-0.2, 0) is 0 Å². The summed E-state index contributed by atoms with van der Waals surface area (Å²) < 4.78 is 18.8. The number of aromatic nitrogens is 1. The molecule has 1 aromatic carbocycles. The smallest absolute Gasteiger partial charge is 0.407 e. The van der Waals surface area contributed by atoms with Gasteiger partial charge in [-0.25, -0.2) is 9.18 Å². The number of amides is 1. The summed E-state index contributed by atoms with van der Waals surface area (Å²) in [5.74, 6) is -0.373. The molecule has 1 saturated heterocycles. The van der Waals surface area contributed by atoms with Gasteiger partial charge < -0.3 is 14.4 Å². The SMILES string of the molecule is C[C@@H]1CN(c2nc3ccc(F)cc3o2)C[C@@H](C)N1C(=O)O. The zero-order chi connectivity index (χ0) is 15.1. The van der Waals surface area contributed by atoms with E-state index in [1.165, 1.54) is 17.0 Å². The van der Waals surface area contributed by atoms with E-state index < -0.39 is 6.09 Å². The van der Waals surface area contributed by atoms with Gasteiger partial charge in [0, 0.05) is 19.2 Å². The van der Waals surface area contributed by atoms with Gasteiger partial charge in [-0.3, -0.25) is 4.90 Å². The highest BCUT2D eigenvalue weighted by molar-refractivity contribution is 5.74. The summed E-state index contributed by atoms with van der Waals surface area (Å²) >= 11 is 0. The third-order valence-electron chi connectivity index (χ3n) is 3.75. The molecule has 2 heterocycles. The number of carbonyl (C=O) groups is 1. The number of hydrogen-bond acceptors (Lipinski definition) is 4. The Balaban J connectivity index is 1.88. The molecule has 112 valence electrons. The summed E-state index contributed by atoms with van der Waals surface area (Å²) in [5, 5.41) is 9.21. The lowest BCUT2D eigenvalue weighted by molar-refractivity contribution is 0.0971. The molecule has 3 rings (SSSR count). The van der Waals surface area contributed by atoms with Crippen LogP contribution in [0.15, 0.2) is 22.6 Å². The summed E-state index contributed by atoms with van der Waals surface area (Å²) in [4.78, 5) is 18.9. The van der Waals surface area contributed by atoms with Crippen LogP contribution in [-0.4, -0.2) is 46.3 Å². The molecular formula is C14H16FN3O3. The van der Waals surface area contributed by atoms with Crippen molar-refractivity contribution in [1.82, 2.24) is 9.88 Å². The molecule has 0 saturated carbocycles. The fourth-order valence-corrected chi connectivity index (χ4v) is 2.88. The van der Waals surface area contributed by atoms with Crippen molar-refractivity contribution in [2.24, 2.45) is 0 Å². The lowest BCUT2D eigenvalue weighted by Crippen LogP contribution is -2.58. The highest BCUT2D eigenvalue weighted by Gasteiger charge is 2.34. The number of anilines is 1. The van der Waals surface area contributed by atoms with Gasteiger partial charge in [0.1, 0.15) is 11.3 Å². The zero-order valence-electron chi connectivity index (χ0n) is 11.8. The molecule has 2 aromatic rings. The fraction of sp³-hybridized carbons (Fsp3) is 0.429. The van der Waals surface area contributed by atoms with Crippen LogP contribution in [0.3, 0.4) is 0 Å². The summed E-state index contributed by atoms with van der Waals surface area (Å²) in [6.07, 6.45) is -0.922. The van der Waals surface area contributed by atoms with Crippen molar-refractivity contribution >= 4 is 23.2 Å². The Morgan fingerprint density at radius 2 is 2.05 bits per heavy atom. The normalized spacial score (nSPS) is 22.8. The first-order valence-corrected chi connectivity index (χ1v) is 6.78. The molecule has 1 aliphatic rings. The topological polar surface area (TPSA) is 69.8 Å². The lowest BCUT2D eigenvalue weighted by Gasteiger charge is -2.42. The number of oxazole rings is 1. The van der Waals surface area contributed by atoms with Gasteiger partial charge in [0.15, 0.2) is 5.58 Å². The first kappa shape index (κ1) is 13.7. The number of rotatable bonds is 1. The standard InChI is InChI=1S/C14H16FN3O3/c1-8-6-17(7-9(2)18(8)14(19)20)13-16-11-4-3-10(15)5-12(11)21-13/h3-5,8-9H,6-7H2,1-2H3,(H,19,20)/t8-,9-/m1/s1. The van der Waals surface area contributed by atoms with Crippen LogP contribution in [0.1, 0.15) is 13.8 Å². The molecule has 1 fully saturated rings. The van der Waals surface area contributed by atoms with Gasteiger partial charge in [-0.1, -0.05) is 0 Å². The minimum atomic E-state index is -0.922. The Morgan fingerprint density at radius 3 is 2.67 bits per heavy atom. The van der Waals surface area contributed by atoms with Crippen LogP contribution in [0.4, 0.5) is 15.2 Å². The van der Waals surface area contributed by atoms with Crippen molar-refractivity contribution in [1.29, 1.82) is 0 Å². The Bertz CT molecular complexity index is 675. The molecule has 1 N–H and O–H groups in total. The summed E-state index contributed by atoms with van der Waals surface area (Å²) in [6, 6.07) is 4.27. The highest BCUT2D eigenvalue weighted by atomic mass is 19.1. The second-order valence-corrected chi connectivity index (χ2v) is 5.40. The average molecular weight is 293 g/mol. The molecular weight excluding hydrogens is 277 g/mol. The molecule has 1 aliphatic heterocycles. The first-order valence-electron chi connectivity index (χ1n) is 6.78. The Hall–Kier alpha value is -2.31. The number of nitrogens with zero attached hydrogens (tertiary/aromatic N) is 3. The number of hydrogen-bond donors (Lipinski definition) is 1. The highest BCUT2D eigenvalue weighted by Crippen LogP contribution is 2.26. The van der Waals surface area contributed by atoms with Gasteiger partial charge in [-0.2, -0.15) is 4.98 Å². The van der Waals surface area contributed by atoms with E-state index in [-0.39, 0.29) is 17.9 Å². The Morgan fingerprint density at radius 1 is 1.38 bits per heavy atom. The van der Waals surface area contributed by atoms with E-state index in [0.29, 0.717) is 30.2 Å². The van der Waals surface area contributed by atoms with Gasteiger partial charge in [0.05, 0.1) is 12.1 Å². The second-order valence-electron chi connectivity index (χ2n) is 5.40. The van der Waals surface area contributed by atoms with E-state index in [1.54, 1.807) is 6.07 Å². The monoisotopic (exact) mass is 293 g/mol. The van der Waals surface area contributed by atoms with Crippen LogP contribution in [0.2, 0.25) is 0 Å². The second kappa shape index (κ2) is 4.91. The molecule has 0 bridgehead atoms. The Kier molecular flexibility index (Phi) is 3.19. The maximum Gasteiger partial charge on any atom is 0.407 e. The number of carboxylic acid groups (broad SMARTS) is 1. The predicted molar refractivity (Wildman–Crippen MR) is 75.0 cm³/mol. The lowest BCUT2D eigenvalue weighted by atomic mass is 10.1. The minimum Gasteiger partial charge on any atom is -0.465 e. The maximum atomic E-state index is 13.2. The van der Waals surface area contributed by atoms with Gasteiger partial charge >= 0.3 is 6.09 Å². The molecule has 0 radical (unpaired) electrons. The van der Waals surface area contributed by atoms with Gasteiger partial charge in [-0.15, -0.1) is 0 Å². The van der Waals surface area contributed by atoms with Crippen LogP contribution in [0.5, 0.6) is 0 Å². The summed E-state index contributed by atoms with van der Waals surface area (Å²) in [6.45, 7) is 4.68. The minimum absolute atomic E-state index is 0.169. The molecule has 1 aromatic heterocycles. The summed E-state index contributed by atoms with van der Waals surface area (Å²) in [5.41, 5.74) is 0.985. The number of halogens is 1. The third-order valence-corrected chi connectivity index (χ3v) is 3.75. The van der Waals surface area contributed by atoms with E-state index in [1.807, 2.05) is 18.7 Å². The molecule has 7 heteroatoms. The van der Waals surface area contributed by atoms with Gasteiger partial charge in [0.25, 0.3) is 6.01 Å². The van der Waals surface area contributed by atoms with E-state index in [0.717, 1.165) is 0 Å². The van der Waals surface area contributed by atoms with Crippen LogP contribution in [0, 0.1) is 5.82 Å². The van der Waals surface area contributed by atoms with E-state index in [2.05, 4.69) is 4.98 Å². The predicted octanol–water partition coefficient (Wildman–Crippen LogP) is 2.54. The van der Waals surface area contributed by atoms with Crippen molar-refractivity contribution in [2.45, 2.75) is 25.9 Å². The molecule has 1 amide bonds. The average Bonchev–Trinajstić information content (AvgIpc) is 2.80. The zero-order valence-corrected chi connectivity index (χ0v) is 11.8. The Labute approximate surface area is 120 Å². The molecule has 0 unspecified atom stereocenters. The quantitative estimate of drug-likeness (QED) is 0.875. The van der Waals surface area contributed by atoms with Crippen molar-refractivity contribution < 1.29 is 18.7 Å². The number of fused-ring (bicyclic) bond motifs is 1. The summed E-state index contributed by atoms with van der Waals surface area (Å²) in [7, 11) is 0. The maximum absolute atomic E-state index is 13.2.